The monoisotopic (exact) mass is 287 g/mol. The van der Waals surface area contributed by atoms with Crippen molar-refractivity contribution < 1.29 is 19.1 Å². The molecular formula is C13H15ClFNO3. The molecule has 1 atom stereocenters. The van der Waals surface area contributed by atoms with Crippen LogP contribution in [0.5, 0.6) is 0 Å². The molecule has 0 bridgehead atoms. The molecule has 0 aliphatic heterocycles. The van der Waals surface area contributed by atoms with Crippen LogP contribution in [0.1, 0.15) is 20.3 Å². The third-order valence-electron chi connectivity index (χ3n) is 2.62. The summed E-state index contributed by atoms with van der Waals surface area (Å²) in [6.07, 6.45) is 0.559. The number of aliphatic carboxylic acids is 1. The summed E-state index contributed by atoms with van der Waals surface area (Å²) in [4.78, 5) is 23.3. The lowest BCUT2D eigenvalue weighted by Crippen LogP contribution is -2.41. The van der Waals surface area contributed by atoms with E-state index in [-0.39, 0.29) is 23.0 Å². The molecule has 0 radical (unpaired) electrons. The maximum Gasteiger partial charge on any atom is 0.326 e. The number of rotatable bonds is 6. The van der Waals surface area contributed by atoms with Gasteiger partial charge in [0.05, 0.1) is 5.69 Å². The van der Waals surface area contributed by atoms with E-state index in [1.165, 1.54) is 12.1 Å². The van der Waals surface area contributed by atoms with E-state index in [1.54, 1.807) is 0 Å². The Bertz CT molecular complexity index is 479. The fraction of sp³-hybridized carbons (Fsp3) is 0.385. The van der Waals surface area contributed by atoms with Gasteiger partial charge in [-0.25, -0.2) is 9.18 Å². The van der Waals surface area contributed by atoms with E-state index in [1.807, 2.05) is 13.8 Å². The smallest absolute Gasteiger partial charge is 0.326 e. The van der Waals surface area contributed by atoms with Crippen molar-refractivity contribution in [2.45, 2.75) is 26.3 Å². The number of hydrogen-bond acceptors (Lipinski definition) is 2. The Morgan fingerprint density at radius 1 is 1.53 bits per heavy atom. The van der Waals surface area contributed by atoms with Gasteiger partial charge in [-0.05, 0) is 30.5 Å². The molecule has 1 aromatic carbocycles. The van der Waals surface area contributed by atoms with E-state index in [9.17, 15) is 19.1 Å². The average Bonchev–Trinajstić information content (AvgIpc) is 2.30. The number of anilines is 1. The molecule has 0 spiro atoms. The van der Waals surface area contributed by atoms with Crippen molar-refractivity contribution in [3.05, 3.63) is 29.0 Å². The molecule has 19 heavy (non-hydrogen) atoms. The summed E-state index contributed by atoms with van der Waals surface area (Å²) in [6.45, 7) is 3.66. The summed E-state index contributed by atoms with van der Waals surface area (Å²) in [6, 6.07) is 2.64. The van der Waals surface area contributed by atoms with E-state index in [2.05, 4.69) is 0 Å². The van der Waals surface area contributed by atoms with E-state index in [0.717, 1.165) is 11.0 Å². The number of amides is 1. The number of carbonyl (C=O) groups excluding carboxylic acids is 1. The van der Waals surface area contributed by atoms with Crippen molar-refractivity contribution in [2.24, 2.45) is 5.92 Å². The Morgan fingerprint density at radius 2 is 2.16 bits per heavy atom. The molecule has 0 heterocycles. The van der Waals surface area contributed by atoms with E-state index in [0.29, 0.717) is 6.41 Å². The number of halogens is 2. The van der Waals surface area contributed by atoms with Crippen LogP contribution in [0.3, 0.4) is 0 Å². The highest BCUT2D eigenvalue weighted by Gasteiger charge is 2.28. The van der Waals surface area contributed by atoms with Crippen LogP contribution in [0.4, 0.5) is 10.1 Å². The summed E-state index contributed by atoms with van der Waals surface area (Å²) < 4.78 is 13.8. The van der Waals surface area contributed by atoms with Gasteiger partial charge in [0, 0.05) is 5.02 Å². The lowest BCUT2D eigenvalue weighted by atomic mass is 10.0. The van der Waals surface area contributed by atoms with Crippen LogP contribution in [0.15, 0.2) is 18.2 Å². The van der Waals surface area contributed by atoms with Crippen molar-refractivity contribution in [3.63, 3.8) is 0 Å². The third kappa shape index (κ3) is 3.92. The van der Waals surface area contributed by atoms with Crippen LogP contribution in [-0.2, 0) is 9.59 Å². The fourth-order valence-electron chi connectivity index (χ4n) is 1.77. The minimum atomic E-state index is -1.17. The topological polar surface area (TPSA) is 57.6 Å². The number of hydrogen-bond donors (Lipinski definition) is 1. The highest BCUT2D eigenvalue weighted by atomic mass is 35.5. The maximum atomic E-state index is 13.8. The van der Waals surface area contributed by atoms with E-state index in [4.69, 9.17) is 11.6 Å². The quantitative estimate of drug-likeness (QED) is 0.819. The van der Waals surface area contributed by atoms with Crippen LogP contribution in [0.2, 0.25) is 5.02 Å². The van der Waals surface area contributed by atoms with Gasteiger partial charge in [0.1, 0.15) is 11.9 Å². The highest BCUT2D eigenvalue weighted by Crippen LogP contribution is 2.25. The van der Waals surface area contributed by atoms with Crippen molar-refractivity contribution in [1.82, 2.24) is 0 Å². The molecule has 0 aliphatic rings. The van der Waals surface area contributed by atoms with Gasteiger partial charge < -0.3 is 5.11 Å². The van der Waals surface area contributed by atoms with Gasteiger partial charge in [-0.3, -0.25) is 9.69 Å². The van der Waals surface area contributed by atoms with Gasteiger partial charge in [0.2, 0.25) is 6.41 Å². The molecule has 0 saturated carbocycles. The Balaban J connectivity index is 3.15. The molecule has 1 aromatic rings. The number of carboxylic acids is 1. The molecule has 104 valence electrons. The molecule has 1 amide bonds. The zero-order valence-electron chi connectivity index (χ0n) is 10.6. The molecule has 1 N–H and O–H groups in total. The van der Waals surface area contributed by atoms with Gasteiger partial charge in [0.15, 0.2) is 0 Å². The zero-order valence-corrected chi connectivity index (χ0v) is 11.4. The first-order chi connectivity index (χ1) is 8.86. The van der Waals surface area contributed by atoms with Gasteiger partial charge in [-0.2, -0.15) is 0 Å². The van der Waals surface area contributed by atoms with Gasteiger partial charge in [-0.1, -0.05) is 25.4 Å². The standard InChI is InChI=1S/C13H15ClFNO3/c1-8(2)5-12(13(18)19)16(7-17)11-4-3-9(14)6-10(11)15/h3-4,6-8,12H,5H2,1-2H3,(H,18,19). The largest absolute Gasteiger partial charge is 0.480 e. The molecule has 0 aromatic heterocycles. The summed E-state index contributed by atoms with van der Waals surface area (Å²) in [5.74, 6) is -1.84. The molecule has 6 heteroatoms. The Kier molecular flexibility index (Phi) is 5.30. The molecule has 1 rings (SSSR count). The molecule has 0 saturated heterocycles. The van der Waals surface area contributed by atoms with Crippen LogP contribution in [-0.4, -0.2) is 23.5 Å². The van der Waals surface area contributed by atoms with Crippen molar-refractivity contribution in [2.75, 3.05) is 4.90 Å². The van der Waals surface area contributed by atoms with Crippen molar-refractivity contribution in [1.29, 1.82) is 0 Å². The first kappa shape index (κ1) is 15.4. The first-order valence-electron chi connectivity index (χ1n) is 5.78. The molecule has 4 nitrogen and oxygen atoms in total. The first-order valence-corrected chi connectivity index (χ1v) is 6.16. The summed E-state index contributed by atoms with van der Waals surface area (Å²) in [7, 11) is 0. The van der Waals surface area contributed by atoms with Gasteiger partial charge in [0.25, 0.3) is 0 Å². The average molecular weight is 288 g/mol. The number of carboxylic acid groups (broad SMARTS) is 1. The Hall–Kier alpha value is -1.62. The minimum Gasteiger partial charge on any atom is -0.480 e. The summed E-state index contributed by atoms with van der Waals surface area (Å²) >= 11 is 5.63. The predicted octanol–water partition coefficient (Wildman–Crippen LogP) is 2.94. The second-order valence-electron chi connectivity index (χ2n) is 4.59. The lowest BCUT2D eigenvalue weighted by Gasteiger charge is -2.26. The number of carbonyl (C=O) groups is 2. The van der Waals surface area contributed by atoms with Crippen LogP contribution in [0, 0.1) is 11.7 Å². The molecule has 0 aliphatic carbocycles. The lowest BCUT2D eigenvalue weighted by molar-refractivity contribution is -0.139. The second kappa shape index (κ2) is 6.52. The van der Waals surface area contributed by atoms with Gasteiger partial charge >= 0.3 is 5.97 Å². The normalized spacial score (nSPS) is 12.3. The fourth-order valence-corrected chi connectivity index (χ4v) is 1.93. The summed E-state index contributed by atoms with van der Waals surface area (Å²) in [5.41, 5.74) is -0.0903. The number of benzene rings is 1. The summed E-state index contributed by atoms with van der Waals surface area (Å²) in [5, 5.41) is 9.36. The highest BCUT2D eigenvalue weighted by molar-refractivity contribution is 6.30. The minimum absolute atomic E-state index is 0.0545. The maximum absolute atomic E-state index is 13.8. The third-order valence-corrected chi connectivity index (χ3v) is 2.85. The van der Waals surface area contributed by atoms with Crippen molar-refractivity contribution >= 4 is 29.7 Å². The molecule has 0 fully saturated rings. The molecular weight excluding hydrogens is 273 g/mol. The zero-order chi connectivity index (χ0) is 14.6. The Labute approximate surface area is 115 Å². The van der Waals surface area contributed by atoms with Crippen molar-refractivity contribution in [3.8, 4) is 0 Å². The van der Waals surface area contributed by atoms with Gasteiger partial charge in [-0.15, -0.1) is 0 Å². The van der Waals surface area contributed by atoms with E-state index < -0.39 is 17.8 Å². The number of nitrogens with zero attached hydrogens (tertiary/aromatic N) is 1. The molecule has 1 unspecified atom stereocenters. The van der Waals surface area contributed by atoms with Crippen LogP contribution < -0.4 is 4.90 Å². The Morgan fingerprint density at radius 3 is 2.58 bits per heavy atom. The van der Waals surface area contributed by atoms with E-state index >= 15 is 0 Å². The second-order valence-corrected chi connectivity index (χ2v) is 5.03. The van der Waals surface area contributed by atoms with Crippen LogP contribution in [0.25, 0.3) is 0 Å². The SMILES string of the molecule is CC(C)CC(C(=O)O)N(C=O)c1ccc(Cl)cc1F. The predicted molar refractivity (Wildman–Crippen MR) is 70.8 cm³/mol. The van der Waals surface area contributed by atoms with Crippen LogP contribution >= 0.6 is 11.6 Å².